The molecule has 0 saturated carbocycles. The quantitative estimate of drug-likeness (QED) is 0.658. The highest BCUT2D eigenvalue weighted by Gasteiger charge is 2.21. The van der Waals surface area contributed by atoms with Crippen LogP contribution in [0.1, 0.15) is 39.1 Å². The number of benzene rings is 1. The Morgan fingerprint density at radius 2 is 2.03 bits per heavy atom. The maximum atomic E-state index is 13.0. The van der Waals surface area contributed by atoms with E-state index >= 15 is 0 Å². The van der Waals surface area contributed by atoms with Gasteiger partial charge in [-0.05, 0) is 68.6 Å². The summed E-state index contributed by atoms with van der Waals surface area (Å²) in [5.41, 5.74) is 0.878. The molecule has 1 aliphatic rings. The first-order valence-electron chi connectivity index (χ1n) is 9.93. The number of halogens is 1. The molecule has 2 heterocycles. The molecule has 1 aromatic carbocycles. The first-order chi connectivity index (χ1) is 14.4. The second kappa shape index (κ2) is 11.0. The predicted octanol–water partition coefficient (Wildman–Crippen LogP) is 2.63. The van der Waals surface area contributed by atoms with Crippen LogP contribution in [0.2, 0.25) is 0 Å². The SMILES string of the molecule is COC(=O)c1ccc(OC)c(NC(=O)c2c(C)ccn(CC3CCCNC3)c2=O)c1.Cl. The van der Waals surface area contributed by atoms with Gasteiger partial charge >= 0.3 is 5.97 Å². The molecule has 1 saturated heterocycles. The minimum Gasteiger partial charge on any atom is -0.495 e. The van der Waals surface area contributed by atoms with E-state index in [-0.39, 0.29) is 34.8 Å². The Morgan fingerprint density at radius 1 is 1.26 bits per heavy atom. The van der Waals surface area contributed by atoms with E-state index in [2.05, 4.69) is 10.6 Å². The third-order valence-electron chi connectivity index (χ3n) is 5.32. The third-order valence-corrected chi connectivity index (χ3v) is 5.32. The third kappa shape index (κ3) is 5.65. The van der Waals surface area contributed by atoms with Crippen molar-refractivity contribution in [3.8, 4) is 5.75 Å². The zero-order valence-corrected chi connectivity index (χ0v) is 18.7. The van der Waals surface area contributed by atoms with E-state index < -0.39 is 11.9 Å². The van der Waals surface area contributed by atoms with E-state index in [0.29, 0.717) is 23.8 Å². The molecule has 1 fully saturated rings. The van der Waals surface area contributed by atoms with E-state index in [1.807, 2.05) is 0 Å². The fourth-order valence-corrected chi connectivity index (χ4v) is 3.68. The molecule has 1 atom stereocenters. The average Bonchev–Trinajstić information content (AvgIpc) is 2.76. The molecule has 2 aromatic rings. The summed E-state index contributed by atoms with van der Waals surface area (Å²) in [6, 6.07) is 6.34. The summed E-state index contributed by atoms with van der Waals surface area (Å²) >= 11 is 0. The van der Waals surface area contributed by atoms with Crippen molar-refractivity contribution >= 4 is 30.0 Å². The molecule has 0 radical (unpaired) electrons. The van der Waals surface area contributed by atoms with Gasteiger partial charge in [0.1, 0.15) is 11.3 Å². The van der Waals surface area contributed by atoms with Crippen LogP contribution in [0.4, 0.5) is 5.69 Å². The molecule has 0 spiro atoms. The Kier molecular flexibility index (Phi) is 8.65. The van der Waals surface area contributed by atoms with Crippen molar-refractivity contribution in [2.45, 2.75) is 26.3 Å². The zero-order chi connectivity index (χ0) is 21.7. The van der Waals surface area contributed by atoms with Crippen molar-refractivity contribution in [3.05, 3.63) is 57.5 Å². The average molecular weight is 450 g/mol. The summed E-state index contributed by atoms with van der Waals surface area (Å²) < 4.78 is 11.6. The summed E-state index contributed by atoms with van der Waals surface area (Å²) in [4.78, 5) is 37.9. The first-order valence-corrected chi connectivity index (χ1v) is 9.93. The lowest BCUT2D eigenvalue weighted by molar-refractivity contribution is 0.0600. The van der Waals surface area contributed by atoms with Gasteiger partial charge in [-0.15, -0.1) is 12.4 Å². The molecule has 1 unspecified atom stereocenters. The number of anilines is 1. The maximum Gasteiger partial charge on any atom is 0.337 e. The van der Waals surface area contributed by atoms with E-state index in [0.717, 1.165) is 25.9 Å². The number of carbonyl (C=O) groups excluding carboxylic acids is 2. The van der Waals surface area contributed by atoms with E-state index in [1.54, 1.807) is 35.9 Å². The van der Waals surface area contributed by atoms with Crippen molar-refractivity contribution in [2.24, 2.45) is 5.92 Å². The van der Waals surface area contributed by atoms with Gasteiger partial charge in [0, 0.05) is 12.7 Å². The monoisotopic (exact) mass is 449 g/mol. The standard InChI is InChI=1S/C22H27N3O5.ClH/c1-14-8-10-25(13-15-5-4-9-23-12-15)21(27)19(14)20(26)24-17-11-16(22(28)30-3)6-7-18(17)29-2;/h6-8,10-11,15,23H,4-5,9,12-13H2,1-3H3,(H,24,26);1H. The van der Waals surface area contributed by atoms with Gasteiger partial charge in [0.05, 0.1) is 25.5 Å². The minimum atomic E-state index is -0.547. The zero-order valence-electron chi connectivity index (χ0n) is 17.9. The molecule has 9 heteroatoms. The molecular formula is C22H28ClN3O5. The molecule has 1 aromatic heterocycles. The number of nitrogens with one attached hydrogen (secondary N) is 2. The number of nitrogens with zero attached hydrogens (tertiary/aromatic N) is 1. The molecule has 8 nitrogen and oxygen atoms in total. The number of rotatable bonds is 6. The van der Waals surface area contributed by atoms with Crippen LogP contribution in [0, 0.1) is 12.8 Å². The minimum absolute atomic E-state index is 0. The number of ether oxygens (including phenoxy) is 2. The van der Waals surface area contributed by atoms with Gasteiger partial charge in [-0.1, -0.05) is 0 Å². The van der Waals surface area contributed by atoms with Crippen LogP contribution in [0.5, 0.6) is 5.75 Å². The Bertz CT molecular complexity index is 999. The first kappa shape index (κ1) is 24.4. The lowest BCUT2D eigenvalue weighted by Gasteiger charge is -2.23. The summed E-state index contributed by atoms with van der Waals surface area (Å²) in [5.74, 6) is -0.355. The van der Waals surface area contributed by atoms with Crippen LogP contribution < -0.4 is 20.9 Å². The van der Waals surface area contributed by atoms with Gasteiger partial charge in [-0.2, -0.15) is 0 Å². The summed E-state index contributed by atoms with van der Waals surface area (Å²) in [5, 5.41) is 6.05. The second-order valence-corrected chi connectivity index (χ2v) is 7.40. The second-order valence-electron chi connectivity index (χ2n) is 7.40. The topological polar surface area (TPSA) is 98.7 Å². The van der Waals surface area contributed by atoms with Gasteiger partial charge in [0.2, 0.25) is 0 Å². The highest BCUT2D eigenvalue weighted by atomic mass is 35.5. The molecule has 3 rings (SSSR count). The van der Waals surface area contributed by atoms with Gasteiger partial charge in [0.25, 0.3) is 11.5 Å². The van der Waals surface area contributed by atoms with E-state index in [9.17, 15) is 14.4 Å². The normalized spacial score (nSPS) is 15.5. The fraction of sp³-hybridized carbons (Fsp3) is 0.409. The largest absolute Gasteiger partial charge is 0.495 e. The maximum absolute atomic E-state index is 13.0. The van der Waals surface area contributed by atoms with Crippen LogP contribution in [0.15, 0.2) is 35.3 Å². The number of amides is 1. The van der Waals surface area contributed by atoms with Crippen molar-refractivity contribution in [2.75, 3.05) is 32.6 Å². The number of aromatic nitrogens is 1. The van der Waals surface area contributed by atoms with Gasteiger partial charge in [-0.25, -0.2) is 4.79 Å². The Hall–Kier alpha value is -2.84. The molecular weight excluding hydrogens is 422 g/mol. The molecule has 0 aliphatic carbocycles. The van der Waals surface area contributed by atoms with Crippen molar-refractivity contribution < 1.29 is 19.1 Å². The van der Waals surface area contributed by atoms with Crippen LogP contribution in [0.3, 0.4) is 0 Å². The Morgan fingerprint density at radius 3 is 2.68 bits per heavy atom. The number of pyridine rings is 1. The summed E-state index contributed by atoms with van der Waals surface area (Å²) in [6.07, 6.45) is 3.86. The number of piperidine rings is 1. The van der Waals surface area contributed by atoms with Gasteiger partial charge in [-0.3, -0.25) is 9.59 Å². The fourth-order valence-electron chi connectivity index (χ4n) is 3.68. The number of hydrogen-bond acceptors (Lipinski definition) is 6. The van der Waals surface area contributed by atoms with Crippen LogP contribution in [-0.4, -0.2) is 43.8 Å². The smallest absolute Gasteiger partial charge is 0.337 e. The van der Waals surface area contributed by atoms with Crippen LogP contribution >= 0.6 is 12.4 Å². The number of methoxy groups -OCH3 is 2. The summed E-state index contributed by atoms with van der Waals surface area (Å²) in [6.45, 7) is 4.15. The summed E-state index contributed by atoms with van der Waals surface area (Å²) in [7, 11) is 2.74. The Labute approximate surface area is 187 Å². The van der Waals surface area contributed by atoms with Crippen molar-refractivity contribution in [3.63, 3.8) is 0 Å². The predicted molar refractivity (Wildman–Crippen MR) is 121 cm³/mol. The number of aryl methyl sites for hydroxylation is 1. The highest BCUT2D eigenvalue weighted by molar-refractivity contribution is 6.06. The molecule has 0 bridgehead atoms. The molecule has 31 heavy (non-hydrogen) atoms. The Balaban J connectivity index is 0.00000341. The van der Waals surface area contributed by atoms with Crippen LogP contribution in [0.25, 0.3) is 0 Å². The lowest BCUT2D eigenvalue weighted by atomic mass is 9.99. The van der Waals surface area contributed by atoms with Crippen LogP contribution in [-0.2, 0) is 11.3 Å². The van der Waals surface area contributed by atoms with Gasteiger partial charge in [0.15, 0.2) is 0 Å². The van der Waals surface area contributed by atoms with Crippen molar-refractivity contribution in [1.29, 1.82) is 0 Å². The number of esters is 1. The number of carbonyl (C=O) groups is 2. The highest BCUT2D eigenvalue weighted by Crippen LogP contribution is 2.26. The molecule has 168 valence electrons. The van der Waals surface area contributed by atoms with Gasteiger partial charge < -0.3 is 24.7 Å². The molecule has 1 amide bonds. The van der Waals surface area contributed by atoms with E-state index in [1.165, 1.54) is 20.3 Å². The molecule has 1 aliphatic heterocycles. The van der Waals surface area contributed by atoms with E-state index in [4.69, 9.17) is 9.47 Å². The molecule has 2 N–H and O–H groups in total. The number of hydrogen-bond donors (Lipinski definition) is 2. The van der Waals surface area contributed by atoms with Crippen molar-refractivity contribution in [1.82, 2.24) is 9.88 Å². The lowest BCUT2D eigenvalue weighted by Crippen LogP contribution is -2.36.